The molecule has 0 radical (unpaired) electrons. The first-order valence-electron chi connectivity index (χ1n) is 11.6. The molecule has 178 valence electrons. The van der Waals surface area contributed by atoms with Crippen molar-refractivity contribution in [2.24, 2.45) is 0 Å². The fourth-order valence-corrected chi connectivity index (χ4v) is 4.95. The molecule has 7 nitrogen and oxygen atoms in total. The van der Waals surface area contributed by atoms with E-state index in [1.165, 1.54) is 0 Å². The summed E-state index contributed by atoms with van der Waals surface area (Å²) in [5.41, 5.74) is 1.12. The number of rotatable bonds is 7. The van der Waals surface area contributed by atoms with E-state index in [1.807, 2.05) is 32.0 Å². The highest BCUT2D eigenvalue weighted by Gasteiger charge is 2.44. The third-order valence-electron chi connectivity index (χ3n) is 6.24. The minimum Gasteiger partial charge on any atom is -0.490 e. The number of nitrogens with zero attached hydrogens (tertiary/aromatic N) is 1. The molecular formula is C26H26ClNO6. The van der Waals surface area contributed by atoms with Crippen LogP contribution in [0.1, 0.15) is 54.4 Å². The van der Waals surface area contributed by atoms with Crippen LogP contribution in [0.3, 0.4) is 0 Å². The summed E-state index contributed by atoms with van der Waals surface area (Å²) in [5, 5.41) is 0.774. The van der Waals surface area contributed by atoms with Crippen molar-refractivity contribution in [3.05, 3.63) is 68.5 Å². The van der Waals surface area contributed by atoms with E-state index in [0.29, 0.717) is 59.4 Å². The third-order valence-corrected chi connectivity index (χ3v) is 6.47. The average Bonchev–Trinajstić information content (AvgIpc) is 3.43. The lowest BCUT2D eigenvalue weighted by atomic mass is 9.97. The lowest BCUT2D eigenvalue weighted by molar-refractivity contribution is 0.0486. The number of fused-ring (bicyclic) bond motifs is 2. The summed E-state index contributed by atoms with van der Waals surface area (Å²) >= 11 is 6.16. The smallest absolute Gasteiger partial charge is 0.291 e. The Morgan fingerprint density at radius 2 is 1.85 bits per heavy atom. The molecule has 0 N–H and O–H groups in total. The fraction of sp³-hybridized carbons (Fsp3) is 0.385. The van der Waals surface area contributed by atoms with Crippen LogP contribution in [0, 0.1) is 0 Å². The number of ether oxygens (including phenoxy) is 3. The highest BCUT2D eigenvalue weighted by molar-refractivity contribution is 6.31. The van der Waals surface area contributed by atoms with Gasteiger partial charge in [0.25, 0.3) is 5.91 Å². The van der Waals surface area contributed by atoms with Gasteiger partial charge in [-0.15, -0.1) is 0 Å². The zero-order valence-corrected chi connectivity index (χ0v) is 19.9. The summed E-state index contributed by atoms with van der Waals surface area (Å²) in [7, 11) is 0. The molecule has 2 aliphatic rings. The van der Waals surface area contributed by atoms with Gasteiger partial charge in [0.2, 0.25) is 5.76 Å². The summed E-state index contributed by atoms with van der Waals surface area (Å²) < 4.78 is 23.3. The molecule has 2 atom stereocenters. The number of hydrogen-bond donors (Lipinski definition) is 0. The molecule has 1 amide bonds. The number of carbonyl (C=O) groups excluding carboxylic acids is 1. The van der Waals surface area contributed by atoms with Crippen molar-refractivity contribution < 1.29 is 23.4 Å². The number of carbonyl (C=O) groups is 1. The first-order valence-corrected chi connectivity index (χ1v) is 12.0. The van der Waals surface area contributed by atoms with Crippen molar-refractivity contribution >= 4 is 28.5 Å². The molecule has 3 heterocycles. The molecule has 8 heteroatoms. The van der Waals surface area contributed by atoms with Gasteiger partial charge in [-0.05, 0) is 62.6 Å². The third kappa shape index (κ3) is 3.93. The first kappa shape index (κ1) is 22.7. The lowest BCUT2D eigenvalue weighted by Crippen LogP contribution is -2.36. The van der Waals surface area contributed by atoms with Crippen molar-refractivity contribution in [1.82, 2.24) is 4.90 Å². The van der Waals surface area contributed by atoms with Crippen LogP contribution in [-0.4, -0.2) is 43.3 Å². The molecule has 2 aromatic carbocycles. The van der Waals surface area contributed by atoms with Crippen LogP contribution in [0.25, 0.3) is 11.0 Å². The van der Waals surface area contributed by atoms with E-state index in [0.717, 1.165) is 18.4 Å². The van der Waals surface area contributed by atoms with E-state index in [1.54, 1.807) is 23.1 Å². The number of halogens is 1. The van der Waals surface area contributed by atoms with Crippen LogP contribution in [-0.2, 0) is 4.74 Å². The van der Waals surface area contributed by atoms with Gasteiger partial charge in [-0.25, -0.2) is 0 Å². The Hall–Kier alpha value is -3.03. The minimum atomic E-state index is -0.638. The van der Waals surface area contributed by atoms with Crippen LogP contribution < -0.4 is 14.9 Å². The van der Waals surface area contributed by atoms with Crippen molar-refractivity contribution in [3.8, 4) is 11.5 Å². The van der Waals surface area contributed by atoms with Gasteiger partial charge in [0.05, 0.1) is 36.3 Å². The summed E-state index contributed by atoms with van der Waals surface area (Å²) in [6.07, 6.45) is 1.72. The lowest BCUT2D eigenvalue weighted by Gasteiger charge is -2.28. The maximum absolute atomic E-state index is 13.7. The Bertz CT molecular complexity index is 1300. The Kier molecular flexibility index (Phi) is 6.23. The molecule has 2 unspecified atom stereocenters. The highest BCUT2D eigenvalue weighted by atomic mass is 35.5. The number of benzene rings is 2. The van der Waals surface area contributed by atoms with Crippen molar-refractivity contribution in [2.45, 2.75) is 38.8 Å². The summed E-state index contributed by atoms with van der Waals surface area (Å²) in [5.74, 6) is 0.916. The van der Waals surface area contributed by atoms with Gasteiger partial charge in [0.15, 0.2) is 16.9 Å². The van der Waals surface area contributed by atoms with E-state index in [9.17, 15) is 9.59 Å². The van der Waals surface area contributed by atoms with Gasteiger partial charge in [-0.1, -0.05) is 17.7 Å². The summed E-state index contributed by atoms with van der Waals surface area (Å²) in [4.78, 5) is 28.9. The van der Waals surface area contributed by atoms with E-state index < -0.39 is 6.04 Å². The largest absolute Gasteiger partial charge is 0.490 e. The zero-order chi connectivity index (χ0) is 23.8. The predicted molar refractivity (Wildman–Crippen MR) is 128 cm³/mol. The normalized spacial score (nSPS) is 19.6. The topological polar surface area (TPSA) is 78.2 Å². The molecule has 3 aromatic rings. The standard InChI is InChI=1S/C26H26ClNO6/c1-3-31-20-9-7-15(12-21(20)32-4-2)23-22-24(29)18-13-16(27)8-10-19(18)34-25(22)26(30)28(23)14-17-6-5-11-33-17/h7-10,12-13,17,23H,3-6,11,14H2,1-2H3. The Labute approximate surface area is 202 Å². The Balaban J connectivity index is 1.69. The van der Waals surface area contributed by atoms with Gasteiger partial charge >= 0.3 is 0 Å². The molecule has 34 heavy (non-hydrogen) atoms. The van der Waals surface area contributed by atoms with E-state index in [4.69, 9.17) is 30.2 Å². The second-order valence-electron chi connectivity index (χ2n) is 8.38. The second kappa shape index (κ2) is 9.31. The average molecular weight is 484 g/mol. The molecule has 1 fully saturated rings. The number of hydrogen-bond acceptors (Lipinski definition) is 6. The summed E-state index contributed by atoms with van der Waals surface area (Å²) in [6, 6.07) is 9.72. The monoisotopic (exact) mass is 483 g/mol. The van der Waals surface area contributed by atoms with Gasteiger partial charge in [0, 0.05) is 18.2 Å². The van der Waals surface area contributed by atoms with Crippen LogP contribution in [0.4, 0.5) is 0 Å². The molecule has 0 spiro atoms. The van der Waals surface area contributed by atoms with Crippen molar-refractivity contribution in [3.63, 3.8) is 0 Å². The highest BCUT2D eigenvalue weighted by Crippen LogP contribution is 2.41. The van der Waals surface area contributed by atoms with E-state index >= 15 is 0 Å². The molecule has 1 saturated heterocycles. The Morgan fingerprint density at radius 1 is 1.06 bits per heavy atom. The van der Waals surface area contributed by atoms with Crippen LogP contribution in [0.15, 0.2) is 45.6 Å². The first-order chi connectivity index (χ1) is 16.5. The van der Waals surface area contributed by atoms with E-state index in [2.05, 4.69) is 0 Å². The molecule has 0 bridgehead atoms. The Morgan fingerprint density at radius 3 is 2.59 bits per heavy atom. The second-order valence-corrected chi connectivity index (χ2v) is 8.82. The molecule has 1 aromatic heterocycles. The van der Waals surface area contributed by atoms with Gasteiger partial charge < -0.3 is 23.5 Å². The minimum absolute atomic E-state index is 0.0645. The van der Waals surface area contributed by atoms with Crippen LogP contribution in [0.5, 0.6) is 11.5 Å². The quantitative estimate of drug-likeness (QED) is 0.472. The molecule has 5 rings (SSSR count). The molecule has 0 saturated carbocycles. The SMILES string of the molecule is CCOc1ccc(C2c3c(oc4ccc(Cl)cc4c3=O)C(=O)N2CC2CCCO2)cc1OCC. The van der Waals surface area contributed by atoms with Crippen molar-refractivity contribution in [1.29, 1.82) is 0 Å². The van der Waals surface area contributed by atoms with Gasteiger partial charge in [-0.2, -0.15) is 0 Å². The molecule has 2 aliphatic heterocycles. The van der Waals surface area contributed by atoms with Crippen LogP contribution >= 0.6 is 11.6 Å². The number of amides is 1. The summed E-state index contributed by atoms with van der Waals surface area (Å²) in [6.45, 7) is 5.77. The van der Waals surface area contributed by atoms with Crippen molar-refractivity contribution in [2.75, 3.05) is 26.4 Å². The van der Waals surface area contributed by atoms with Gasteiger partial charge in [-0.3, -0.25) is 9.59 Å². The van der Waals surface area contributed by atoms with E-state index in [-0.39, 0.29) is 23.2 Å². The fourth-order valence-electron chi connectivity index (χ4n) is 4.77. The molecule has 0 aliphatic carbocycles. The van der Waals surface area contributed by atoms with Crippen LogP contribution in [0.2, 0.25) is 5.02 Å². The molecular weight excluding hydrogens is 458 g/mol. The van der Waals surface area contributed by atoms with Gasteiger partial charge in [0.1, 0.15) is 5.58 Å². The zero-order valence-electron chi connectivity index (χ0n) is 19.1. The maximum Gasteiger partial charge on any atom is 0.291 e. The maximum atomic E-state index is 13.7. The predicted octanol–water partition coefficient (Wildman–Crippen LogP) is 4.97.